The summed E-state index contributed by atoms with van der Waals surface area (Å²) in [5, 5.41) is 2.99. The Morgan fingerprint density at radius 1 is 1.24 bits per heavy atom. The minimum atomic E-state index is -0.463. The molecule has 1 fully saturated rings. The Balaban J connectivity index is 1.59. The fourth-order valence-electron chi connectivity index (χ4n) is 3.15. The van der Waals surface area contributed by atoms with Gasteiger partial charge in [0, 0.05) is 13.0 Å². The molecule has 2 aromatic rings. The molecule has 1 N–H and O–H groups in total. The first kappa shape index (κ1) is 26.1. The summed E-state index contributed by atoms with van der Waals surface area (Å²) < 4.78 is 5.41. The molecule has 0 atom stereocenters. The highest BCUT2D eigenvalue weighted by Gasteiger charge is 2.32. The molecular formula is C24H27N3O4S3. The molecule has 1 saturated heterocycles. The number of nitrogens with one attached hydrogen (secondary N) is 1. The van der Waals surface area contributed by atoms with Crippen molar-refractivity contribution in [3.05, 3.63) is 50.9 Å². The van der Waals surface area contributed by atoms with Gasteiger partial charge in [-0.2, -0.15) is 0 Å². The minimum absolute atomic E-state index is 0.0490. The van der Waals surface area contributed by atoms with Gasteiger partial charge in [-0.15, -0.1) is 0 Å². The van der Waals surface area contributed by atoms with E-state index in [4.69, 9.17) is 17.0 Å². The van der Waals surface area contributed by atoms with E-state index in [1.165, 1.54) is 22.2 Å². The first-order chi connectivity index (χ1) is 16.0. The monoisotopic (exact) mass is 517 g/mol. The van der Waals surface area contributed by atoms with E-state index in [1.807, 2.05) is 18.2 Å². The van der Waals surface area contributed by atoms with E-state index >= 15 is 0 Å². The van der Waals surface area contributed by atoms with Gasteiger partial charge < -0.3 is 10.1 Å². The van der Waals surface area contributed by atoms with Gasteiger partial charge in [0.2, 0.25) is 5.91 Å². The number of thiazole rings is 1. The smallest absolute Gasteiger partial charge is 0.350 e. The van der Waals surface area contributed by atoms with Gasteiger partial charge in [0.25, 0.3) is 5.91 Å². The number of hydrogen-bond donors (Lipinski definition) is 1. The Labute approximate surface area is 213 Å². The summed E-state index contributed by atoms with van der Waals surface area (Å²) in [6, 6.07) is 8.09. The average Bonchev–Trinajstić information content (AvgIpc) is 3.25. The third-order valence-electron chi connectivity index (χ3n) is 5.01. The Bertz CT molecular complexity index is 1150. The number of aryl methyl sites for hydroxylation is 1. The van der Waals surface area contributed by atoms with Gasteiger partial charge in [0.15, 0.2) is 5.13 Å². The van der Waals surface area contributed by atoms with Crippen molar-refractivity contribution < 1.29 is 19.1 Å². The molecule has 1 aromatic heterocycles. The molecule has 0 bridgehead atoms. The number of hydrogen-bond acceptors (Lipinski definition) is 8. The molecule has 7 nitrogen and oxygen atoms in total. The lowest BCUT2D eigenvalue weighted by atomic mass is 9.87. The van der Waals surface area contributed by atoms with Crippen molar-refractivity contribution in [2.24, 2.45) is 0 Å². The van der Waals surface area contributed by atoms with Crippen molar-refractivity contribution in [3.8, 4) is 0 Å². The number of esters is 1. The second-order valence-electron chi connectivity index (χ2n) is 8.66. The highest BCUT2D eigenvalue weighted by atomic mass is 32.2. The number of carbonyl (C=O) groups is 3. The molecule has 1 aliphatic rings. The molecule has 2 amide bonds. The summed E-state index contributed by atoms with van der Waals surface area (Å²) >= 11 is 7.66. The highest BCUT2D eigenvalue weighted by molar-refractivity contribution is 8.26. The number of carbonyl (C=O) groups excluding carboxylic acids is 3. The highest BCUT2D eigenvalue weighted by Crippen LogP contribution is 2.33. The predicted molar refractivity (Wildman–Crippen MR) is 141 cm³/mol. The van der Waals surface area contributed by atoms with E-state index in [-0.39, 0.29) is 36.8 Å². The lowest BCUT2D eigenvalue weighted by Gasteiger charge is -2.18. The SMILES string of the molecule is CCOC(=O)c1sc(NC(=O)CCN2C(=O)/C(=C/c3ccc(C(C)(C)C)cc3)SC2=S)nc1C. The van der Waals surface area contributed by atoms with E-state index in [2.05, 4.69) is 43.2 Å². The molecule has 0 saturated carbocycles. The van der Waals surface area contributed by atoms with E-state index < -0.39 is 5.97 Å². The van der Waals surface area contributed by atoms with Crippen molar-refractivity contribution in [2.45, 2.75) is 46.5 Å². The number of thioether (sulfide) groups is 1. The quantitative estimate of drug-likeness (QED) is 0.308. The first-order valence-corrected chi connectivity index (χ1v) is 12.8. The lowest BCUT2D eigenvalue weighted by molar-refractivity contribution is -0.122. The average molecular weight is 518 g/mol. The molecule has 3 rings (SSSR count). The van der Waals surface area contributed by atoms with Crippen LogP contribution < -0.4 is 5.32 Å². The lowest BCUT2D eigenvalue weighted by Crippen LogP contribution is -2.31. The number of ether oxygens (including phenoxy) is 1. The summed E-state index contributed by atoms with van der Waals surface area (Å²) in [5.74, 6) is -0.993. The number of rotatable bonds is 7. The zero-order valence-electron chi connectivity index (χ0n) is 19.8. The van der Waals surface area contributed by atoms with Crippen molar-refractivity contribution in [1.82, 2.24) is 9.88 Å². The number of aromatic nitrogens is 1. The van der Waals surface area contributed by atoms with Crippen LogP contribution in [0.4, 0.5) is 5.13 Å². The summed E-state index contributed by atoms with van der Waals surface area (Å²) in [6.45, 7) is 10.3. The molecule has 0 unspecified atom stereocenters. The standard InChI is InChI=1S/C24H27N3O4S3/c1-6-31-21(30)19-14(2)25-22(34-19)26-18(28)11-12-27-20(29)17(33-23(27)32)13-15-7-9-16(10-8-15)24(3,4)5/h7-10,13H,6,11-12H2,1-5H3,(H,25,26,28)/b17-13-. The molecule has 10 heteroatoms. The van der Waals surface area contributed by atoms with Gasteiger partial charge >= 0.3 is 5.97 Å². The zero-order valence-corrected chi connectivity index (χ0v) is 22.2. The summed E-state index contributed by atoms with van der Waals surface area (Å²) in [4.78, 5) is 43.7. The van der Waals surface area contributed by atoms with Crippen molar-refractivity contribution >= 4 is 68.6 Å². The fourth-order valence-corrected chi connectivity index (χ4v) is 5.34. The molecule has 1 aliphatic heterocycles. The van der Waals surface area contributed by atoms with Crippen LogP contribution in [0.3, 0.4) is 0 Å². The van der Waals surface area contributed by atoms with Gasteiger partial charge in [0.05, 0.1) is 17.2 Å². The normalized spacial score (nSPS) is 15.2. The maximum absolute atomic E-state index is 12.9. The number of benzene rings is 1. The number of anilines is 1. The third kappa shape index (κ3) is 6.31. The van der Waals surface area contributed by atoms with Crippen LogP contribution in [-0.2, 0) is 19.7 Å². The number of thiocarbonyl (C=S) groups is 1. The molecule has 180 valence electrons. The van der Waals surface area contributed by atoms with Gasteiger partial charge in [0.1, 0.15) is 9.20 Å². The molecule has 1 aromatic carbocycles. The Kier molecular flexibility index (Phi) is 8.27. The number of nitrogens with zero attached hydrogens (tertiary/aromatic N) is 2. The molecule has 0 aliphatic carbocycles. The topological polar surface area (TPSA) is 88.6 Å². The second kappa shape index (κ2) is 10.8. The van der Waals surface area contributed by atoms with Crippen molar-refractivity contribution in [3.63, 3.8) is 0 Å². The van der Waals surface area contributed by atoms with Crippen molar-refractivity contribution in [1.29, 1.82) is 0 Å². The van der Waals surface area contributed by atoms with E-state index in [9.17, 15) is 14.4 Å². The zero-order chi connectivity index (χ0) is 25.0. The molecule has 2 heterocycles. The first-order valence-electron chi connectivity index (χ1n) is 10.8. The van der Waals surface area contributed by atoms with Gasteiger partial charge in [-0.1, -0.05) is 80.4 Å². The summed E-state index contributed by atoms with van der Waals surface area (Å²) in [6.07, 6.45) is 1.87. The van der Waals surface area contributed by atoms with Crippen LogP contribution in [0.15, 0.2) is 29.2 Å². The minimum Gasteiger partial charge on any atom is -0.462 e. The molecule has 34 heavy (non-hydrogen) atoms. The van der Waals surface area contributed by atoms with E-state index in [0.29, 0.717) is 24.9 Å². The maximum atomic E-state index is 12.9. The summed E-state index contributed by atoms with van der Waals surface area (Å²) in [5.41, 5.74) is 2.69. The number of amides is 2. The predicted octanol–water partition coefficient (Wildman–Crippen LogP) is 5.16. The Hall–Kier alpha value is -2.56. The van der Waals surface area contributed by atoms with Gasteiger partial charge in [-0.25, -0.2) is 9.78 Å². The molecule has 0 radical (unpaired) electrons. The molecular weight excluding hydrogens is 490 g/mol. The van der Waals surface area contributed by atoms with Crippen LogP contribution in [0, 0.1) is 6.92 Å². The van der Waals surface area contributed by atoms with Crippen molar-refractivity contribution in [2.75, 3.05) is 18.5 Å². The largest absolute Gasteiger partial charge is 0.462 e. The van der Waals surface area contributed by atoms with Crippen LogP contribution in [0.2, 0.25) is 0 Å². The van der Waals surface area contributed by atoms with Crippen LogP contribution in [0.25, 0.3) is 6.08 Å². The van der Waals surface area contributed by atoms with E-state index in [1.54, 1.807) is 13.8 Å². The van der Waals surface area contributed by atoms with Crippen LogP contribution in [-0.4, -0.2) is 45.1 Å². The summed E-state index contributed by atoms with van der Waals surface area (Å²) in [7, 11) is 0. The van der Waals surface area contributed by atoms with Gasteiger partial charge in [-0.3, -0.25) is 14.5 Å². The van der Waals surface area contributed by atoms with Crippen LogP contribution in [0.1, 0.15) is 60.6 Å². The Morgan fingerprint density at radius 3 is 2.53 bits per heavy atom. The van der Waals surface area contributed by atoms with Crippen LogP contribution in [0.5, 0.6) is 0 Å². The van der Waals surface area contributed by atoms with Crippen LogP contribution >= 0.6 is 35.3 Å². The van der Waals surface area contributed by atoms with E-state index in [0.717, 1.165) is 16.9 Å². The second-order valence-corrected chi connectivity index (χ2v) is 11.3. The third-order valence-corrected chi connectivity index (χ3v) is 7.44. The van der Waals surface area contributed by atoms with Gasteiger partial charge in [-0.05, 0) is 36.5 Å². The Morgan fingerprint density at radius 2 is 1.91 bits per heavy atom. The fraction of sp³-hybridized carbons (Fsp3) is 0.375. The maximum Gasteiger partial charge on any atom is 0.350 e. The molecule has 0 spiro atoms.